The molecular weight excluding hydrogens is 400 g/mol. The van der Waals surface area contributed by atoms with E-state index in [1.165, 1.54) is 12.8 Å². The number of guanidine groups is 1. The molecule has 7 nitrogen and oxygen atoms in total. The highest BCUT2D eigenvalue weighted by atomic mass is 32.2. The number of ether oxygens (including phenoxy) is 1. The zero-order chi connectivity index (χ0) is 22.0. The van der Waals surface area contributed by atoms with E-state index in [0.717, 1.165) is 36.7 Å². The number of hydrogen-bond donors (Lipinski definition) is 3. The molecule has 1 fully saturated rings. The number of sulfonamides is 1. The largest absolute Gasteiger partial charge is 0.377 e. The molecule has 0 spiro atoms. The minimum atomic E-state index is -3.52. The maximum absolute atomic E-state index is 12.5. The second kappa shape index (κ2) is 12.3. The highest BCUT2D eigenvalue weighted by Gasteiger charge is 2.20. The molecule has 2 atom stereocenters. The summed E-state index contributed by atoms with van der Waals surface area (Å²) in [4.78, 5) is 4.55. The van der Waals surface area contributed by atoms with Crippen LogP contribution in [0.4, 0.5) is 0 Å². The highest BCUT2D eigenvalue weighted by molar-refractivity contribution is 7.89. The van der Waals surface area contributed by atoms with Crippen molar-refractivity contribution in [3.05, 3.63) is 29.8 Å². The normalized spacial score (nSPS) is 18.6. The van der Waals surface area contributed by atoms with Crippen molar-refractivity contribution in [1.82, 2.24) is 15.4 Å². The van der Waals surface area contributed by atoms with E-state index in [9.17, 15) is 8.42 Å². The second-order valence-electron chi connectivity index (χ2n) is 8.43. The molecule has 0 aliphatic carbocycles. The van der Waals surface area contributed by atoms with Crippen LogP contribution in [0.1, 0.15) is 58.4 Å². The van der Waals surface area contributed by atoms with Crippen LogP contribution in [0.25, 0.3) is 0 Å². The average Bonchev–Trinajstić information content (AvgIpc) is 3.23. The summed E-state index contributed by atoms with van der Waals surface area (Å²) in [6.07, 6.45) is 5.40. The molecule has 1 aliphatic rings. The van der Waals surface area contributed by atoms with E-state index < -0.39 is 10.0 Å². The number of nitrogens with zero attached hydrogens (tertiary/aromatic N) is 1. The first kappa shape index (κ1) is 24.6. The fraction of sp³-hybridized carbons (Fsp3) is 0.682. The van der Waals surface area contributed by atoms with Crippen LogP contribution in [0.15, 0.2) is 34.2 Å². The van der Waals surface area contributed by atoms with Crippen molar-refractivity contribution < 1.29 is 13.2 Å². The van der Waals surface area contributed by atoms with Crippen molar-refractivity contribution in [1.29, 1.82) is 0 Å². The van der Waals surface area contributed by atoms with Gasteiger partial charge in [0.05, 0.1) is 11.0 Å². The molecule has 170 valence electrons. The molecule has 0 amide bonds. The SMILES string of the molecule is CN=C(NCc1ccc(S(=O)(=O)NCC2CCCO2)cc1)NC(C)CCCC(C)C. The molecule has 1 aromatic rings. The van der Waals surface area contributed by atoms with Gasteiger partial charge in [0.15, 0.2) is 5.96 Å². The van der Waals surface area contributed by atoms with Gasteiger partial charge in [-0.15, -0.1) is 0 Å². The van der Waals surface area contributed by atoms with E-state index in [0.29, 0.717) is 25.7 Å². The summed E-state index contributed by atoms with van der Waals surface area (Å²) < 4.78 is 33.0. The third-order valence-electron chi connectivity index (χ3n) is 5.24. The molecular formula is C22H38N4O3S. The fourth-order valence-corrected chi connectivity index (χ4v) is 4.46. The lowest BCUT2D eigenvalue weighted by Crippen LogP contribution is -2.41. The monoisotopic (exact) mass is 438 g/mol. The summed E-state index contributed by atoms with van der Waals surface area (Å²) >= 11 is 0. The van der Waals surface area contributed by atoms with Gasteiger partial charge >= 0.3 is 0 Å². The van der Waals surface area contributed by atoms with Crippen molar-refractivity contribution in [2.24, 2.45) is 10.9 Å². The molecule has 0 saturated carbocycles. The van der Waals surface area contributed by atoms with Gasteiger partial charge in [-0.25, -0.2) is 13.1 Å². The lowest BCUT2D eigenvalue weighted by molar-refractivity contribution is 0.114. The third kappa shape index (κ3) is 8.62. The first-order valence-corrected chi connectivity index (χ1v) is 12.5. The van der Waals surface area contributed by atoms with Gasteiger partial charge in [0.2, 0.25) is 10.0 Å². The van der Waals surface area contributed by atoms with Crippen LogP contribution < -0.4 is 15.4 Å². The summed E-state index contributed by atoms with van der Waals surface area (Å²) in [6, 6.07) is 7.27. The minimum absolute atomic E-state index is 0.0183. The van der Waals surface area contributed by atoms with Crippen molar-refractivity contribution >= 4 is 16.0 Å². The zero-order valence-electron chi connectivity index (χ0n) is 18.8. The van der Waals surface area contributed by atoms with E-state index in [1.807, 2.05) is 12.1 Å². The van der Waals surface area contributed by atoms with Crippen LogP contribution in [0, 0.1) is 5.92 Å². The van der Waals surface area contributed by atoms with Gasteiger partial charge in [0.1, 0.15) is 0 Å². The summed E-state index contributed by atoms with van der Waals surface area (Å²) in [5.74, 6) is 1.48. The lowest BCUT2D eigenvalue weighted by atomic mass is 10.0. The van der Waals surface area contributed by atoms with Crippen LogP contribution in [0.2, 0.25) is 0 Å². The van der Waals surface area contributed by atoms with Gasteiger partial charge in [0.25, 0.3) is 0 Å². The molecule has 0 radical (unpaired) electrons. The fourth-order valence-electron chi connectivity index (χ4n) is 3.40. The molecule has 1 saturated heterocycles. The Bertz CT molecular complexity index is 757. The van der Waals surface area contributed by atoms with Gasteiger partial charge in [-0.05, 0) is 49.8 Å². The van der Waals surface area contributed by atoms with Crippen LogP contribution in [-0.2, 0) is 21.3 Å². The molecule has 0 bridgehead atoms. The summed E-state index contributed by atoms with van der Waals surface area (Å²) in [5, 5.41) is 6.70. The predicted molar refractivity (Wildman–Crippen MR) is 122 cm³/mol. The molecule has 3 N–H and O–H groups in total. The van der Waals surface area contributed by atoms with E-state index in [4.69, 9.17) is 4.74 Å². The lowest BCUT2D eigenvalue weighted by Gasteiger charge is -2.18. The molecule has 1 heterocycles. The Labute approximate surface area is 182 Å². The first-order chi connectivity index (χ1) is 14.3. The van der Waals surface area contributed by atoms with Gasteiger partial charge in [-0.3, -0.25) is 4.99 Å². The van der Waals surface area contributed by atoms with E-state index in [1.54, 1.807) is 19.2 Å². The first-order valence-electron chi connectivity index (χ1n) is 11.0. The Morgan fingerprint density at radius 2 is 1.93 bits per heavy atom. The molecule has 2 rings (SSSR count). The zero-order valence-corrected chi connectivity index (χ0v) is 19.6. The molecule has 2 unspecified atom stereocenters. The minimum Gasteiger partial charge on any atom is -0.377 e. The van der Waals surface area contributed by atoms with Crippen molar-refractivity contribution in [2.45, 2.75) is 76.5 Å². The van der Waals surface area contributed by atoms with Crippen LogP contribution >= 0.6 is 0 Å². The van der Waals surface area contributed by atoms with Crippen LogP contribution in [0.3, 0.4) is 0 Å². The Morgan fingerprint density at radius 3 is 2.53 bits per heavy atom. The number of nitrogens with one attached hydrogen (secondary N) is 3. The summed E-state index contributed by atoms with van der Waals surface area (Å²) in [6.45, 7) is 8.26. The maximum atomic E-state index is 12.5. The second-order valence-corrected chi connectivity index (χ2v) is 10.2. The topological polar surface area (TPSA) is 91.8 Å². The number of rotatable bonds is 11. The van der Waals surface area contributed by atoms with Crippen LogP contribution in [0.5, 0.6) is 0 Å². The van der Waals surface area contributed by atoms with Crippen LogP contribution in [-0.4, -0.2) is 46.7 Å². The predicted octanol–water partition coefficient (Wildman–Crippen LogP) is 3.02. The Kier molecular flexibility index (Phi) is 10.1. The number of benzene rings is 1. The van der Waals surface area contributed by atoms with Gasteiger partial charge in [-0.1, -0.05) is 38.8 Å². The van der Waals surface area contributed by atoms with Crippen molar-refractivity contribution in [2.75, 3.05) is 20.2 Å². The average molecular weight is 439 g/mol. The van der Waals surface area contributed by atoms with E-state index in [2.05, 4.69) is 41.1 Å². The number of aliphatic imine (C=N–C) groups is 1. The Balaban J connectivity index is 1.79. The van der Waals surface area contributed by atoms with Gasteiger partial charge < -0.3 is 15.4 Å². The number of hydrogen-bond acceptors (Lipinski definition) is 4. The van der Waals surface area contributed by atoms with Crippen molar-refractivity contribution in [3.8, 4) is 0 Å². The molecule has 1 aromatic carbocycles. The van der Waals surface area contributed by atoms with E-state index in [-0.39, 0.29) is 11.0 Å². The Hall–Kier alpha value is -1.64. The highest BCUT2D eigenvalue weighted by Crippen LogP contribution is 2.14. The maximum Gasteiger partial charge on any atom is 0.240 e. The van der Waals surface area contributed by atoms with Crippen molar-refractivity contribution in [3.63, 3.8) is 0 Å². The summed E-state index contributed by atoms with van der Waals surface area (Å²) in [5.41, 5.74) is 0.989. The van der Waals surface area contributed by atoms with E-state index >= 15 is 0 Å². The van der Waals surface area contributed by atoms with Gasteiger partial charge in [0, 0.05) is 32.8 Å². The van der Waals surface area contributed by atoms with Gasteiger partial charge in [-0.2, -0.15) is 0 Å². The Morgan fingerprint density at radius 1 is 1.20 bits per heavy atom. The molecule has 30 heavy (non-hydrogen) atoms. The quantitative estimate of drug-likeness (QED) is 0.365. The smallest absolute Gasteiger partial charge is 0.240 e. The standard InChI is InChI=1S/C22H38N4O3S/c1-17(2)7-5-8-18(3)26-22(23-4)24-15-19-10-12-21(13-11-19)30(27,28)25-16-20-9-6-14-29-20/h10-13,17-18,20,25H,5-9,14-16H2,1-4H3,(H2,23,24,26). The molecule has 8 heteroatoms. The molecule has 0 aromatic heterocycles. The molecule has 1 aliphatic heterocycles. The summed E-state index contributed by atoms with van der Waals surface area (Å²) in [7, 11) is -1.76. The third-order valence-corrected chi connectivity index (χ3v) is 6.68.